The molecule has 4 heterocycles. The average molecular weight is 1100 g/mol. The van der Waals surface area contributed by atoms with Crippen molar-refractivity contribution < 1.29 is 59.4 Å². The highest BCUT2D eigenvalue weighted by Gasteiger charge is 2.52. The van der Waals surface area contributed by atoms with E-state index in [9.17, 15) is 50.8 Å². The number of benzene rings is 3. The van der Waals surface area contributed by atoms with Crippen molar-refractivity contribution in [2.45, 2.75) is 104 Å². The van der Waals surface area contributed by atoms with Crippen molar-refractivity contribution in [1.82, 2.24) is 25.5 Å². The van der Waals surface area contributed by atoms with Gasteiger partial charge in [-0.15, -0.1) is 11.3 Å². The molecule has 2 saturated heterocycles. The number of ether oxygens (including phenoxy) is 2. The number of thiocarbonyl (C=S) groups is 1. The molecular weight excluding hydrogens is 1040 g/mol. The minimum absolute atomic E-state index is 0.00497. The lowest BCUT2D eigenvalue weighted by Gasteiger charge is -2.35. The van der Waals surface area contributed by atoms with E-state index in [1.54, 1.807) is 16.8 Å². The summed E-state index contributed by atoms with van der Waals surface area (Å²) in [6.45, 7) is 10.4. The van der Waals surface area contributed by atoms with E-state index in [0.717, 1.165) is 46.1 Å². The molecule has 2 aromatic heterocycles. The fourth-order valence-corrected chi connectivity index (χ4v) is 10.3. The summed E-state index contributed by atoms with van der Waals surface area (Å²) in [4.78, 5) is 66.9. The number of anilines is 2. The fourth-order valence-electron chi connectivity index (χ4n) is 8.94. The van der Waals surface area contributed by atoms with E-state index in [4.69, 9.17) is 21.7 Å². The summed E-state index contributed by atoms with van der Waals surface area (Å²) in [5.41, 5.74) is -2.88. The summed E-state index contributed by atoms with van der Waals surface area (Å²) in [5.74, 6) is -4.11. The summed E-state index contributed by atoms with van der Waals surface area (Å²) in [5, 5.41) is 14.5. The van der Waals surface area contributed by atoms with Crippen LogP contribution in [0.15, 0.2) is 78.4 Å². The quantitative estimate of drug-likeness (QED) is 0.0516. The second-order valence-electron chi connectivity index (χ2n) is 19.7. The first kappa shape index (κ1) is 56.7. The van der Waals surface area contributed by atoms with E-state index in [2.05, 4.69) is 20.6 Å². The monoisotopic (exact) mass is 1090 g/mol. The molecule has 0 spiro atoms. The largest absolute Gasteiger partial charge is 0.494 e. The van der Waals surface area contributed by atoms with Crippen LogP contribution in [0.4, 0.5) is 42.1 Å². The molecule has 4 amide bonds. The van der Waals surface area contributed by atoms with E-state index in [0.29, 0.717) is 37.1 Å². The Morgan fingerprint density at radius 1 is 0.961 bits per heavy atom. The van der Waals surface area contributed by atoms with Crippen molar-refractivity contribution in [2.24, 2.45) is 5.41 Å². The van der Waals surface area contributed by atoms with Crippen LogP contribution < -0.4 is 25.2 Å². The Morgan fingerprint density at radius 2 is 1.67 bits per heavy atom. The topological polar surface area (TPSA) is 170 Å². The van der Waals surface area contributed by atoms with Crippen LogP contribution in [0.25, 0.3) is 21.7 Å². The molecule has 2 unspecified atom stereocenters. The van der Waals surface area contributed by atoms with Crippen molar-refractivity contribution in [1.29, 1.82) is 5.26 Å². The number of nitrogens with one attached hydrogen (secondary N) is 2. The first-order chi connectivity index (χ1) is 35.7. The maximum Gasteiger partial charge on any atom is 0.420 e. The van der Waals surface area contributed by atoms with Gasteiger partial charge in [-0.1, -0.05) is 45.0 Å². The molecule has 2 N–H and O–H groups in total. The summed E-state index contributed by atoms with van der Waals surface area (Å²) < 4.78 is 112. The molecule has 0 bridgehead atoms. The Labute approximate surface area is 443 Å². The number of thiazole rings is 1. The Bertz CT molecular complexity index is 3040. The van der Waals surface area contributed by atoms with Gasteiger partial charge in [-0.25, -0.2) is 9.37 Å². The van der Waals surface area contributed by atoms with Gasteiger partial charge in [0.05, 0.1) is 63.2 Å². The fraction of sp³-hybridized carbons (Fsp3) is 0.396. The van der Waals surface area contributed by atoms with Gasteiger partial charge in [0.2, 0.25) is 17.7 Å². The van der Waals surface area contributed by atoms with Crippen LogP contribution in [-0.4, -0.2) is 87.6 Å². The smallest absolute Gasteiger partial charge is 0.420 e. The zero-order valence-corrected chi connectivity index (χ0v) is 43.8. The average Bonchev–Trinajstić information content (AvgIpc) is 4.08. The van der Waals surface area contributed by atoms with Crippen molar-refractivity contribution in [2.75, 3.05) is 36.2 Å². The number of likely N-dealkylation sites (tertiary alicyclic amines) is 1. The number of unbranched alkanes of at least 4 members (excludes halogenated alkanes) is 1. The normalized spacial score (nSPS) is 16.2. The molecular formula is C53H53F7N8O6S2. The minimum atomic E-state index is -5.28. The van der Waals surface area contributed by atoms with Gasteiger partial charge in [0.25, 0.3) is 5.91 Å². The van der Waals surface area contributed by atoms with E-state index in [-0.39, 0.29) is 60.9 Å². The molecule has 3 aromatic carbocycles. The zero-order valence-electron chi connectivity index (χ0n) is 42.1. The lowest BCUT2D eigenvalue weighted by atomic mass is 9.85. The van der Waals surface area contributed by atoms with E-state index in [1.807, 2.05) is 52.0 Å². The van der Waals surface area contributed by atoms with Crippen LogP contribution in [-0.2, 0) is 42.8 Å². The molecule has 2 aliphatic heterocycles. The number of amides is 4. The second-order valence-corrected chi connectivity index (χ2v) is 20.9. The number of aromatic nitrogens is 2. The molecule has 402 valence electrons. The number of hydrogen-bond acceptors (Lipinski definition) is 11. The number of halogens is 7. The summed E-state index contributed by atoms with van der Waals surface area (Å²) in [6, 6.07) is 14.9. The van der Waals surface area contributed by atoms with E-state index in [1.165, 1.54) is 54.0 Å². The number of carbonyl (C=O) groups excluding carboxylic acids is 4. The van der Waals surface area contributed by atoms with Gasteiger partial charge in [0.15, 0.2) is 10.9 Å². The van der Waals surface area contributed by atoms with Gasteiger partial charge >= 0.3 is 12.4 Å². The molecule has 23 heteroatoms. The predicted octanol–water partition coefficient (Wildman–Crippen LogP) is 10.2. The highest BCUT2D eigenvalue weighted by Crippen LogP contribution is 2.43. The highest BCUT2D eigenvalue weighted by molar-refractivity contribution is 7.81. The number of rotatable bonds is 17. The molecule has 2 fully saturated rings. The molecule has 14 nitrogen and oxygen atoms in total. The third kappa shape index (κ3) is 12.3. The Balaban J connectivity index is 0.892. The van der Waals surface area contributed by atoms with E-state index >= 15 is 4.39 Å². The third-order valence-electron chi connectivity index (χ3n) is 12.9. The molecule has 2 atom stereocenters. The number of alkyl halides is 6. The molecule has 7 rings (SSSR count). The first-order valence-electron chi connectivity index (χ1n) is 24.0. The lowest BCUT2D eigenvalue weighted by Crippen LogP contribution is -2.58. The molecule has 2 aliphatic rings. The van der Waals surface area contributed by atoms with Crippen LogP contribution in [0.2, 0.25) is 0 Å². The zero-order chi connectivity index (χ0) is 55.5. The van der Waals surface area contributed by atoms with E-state index < -0.39 is 80.5 Å². The number of aryl methyl sites for hydroxylation is 1. The second kappa shape index (κ2) is 22.7. The van der Waals surface area contributed by atoms with Crippen molar-refractivity contribution in [3.05, 3.63) is 112 Å². The van der Waals surface area contributed by atoms with Gasteiger partial charge in [-0.05, 0) is 118 Å². The van der Waals surface area contributed by atoms with Gasteiger partial charge < -0.3 is 29.9 Å². The van der Waals surface area contributed by atoms with Crippen LogP contribution in [0.5, 0.6) is 5.75 Å². The SMILES string of the molecule is Cc1ncsc1-c1ccc(CNC(=O)C2CCCN2C(=O)C(NC(=O)COCCCCOc2ccc(-c3ccc(N4C(=S)N(c5ccc(C#N)c(C(F)(F)F)c5F)C(=O)C4(C)C)cn3)c(C(F)(F)F)c2)C(C)(C)C)cc1. The number of nitrogens with zero attached hydrogens (tertiary/aromatic N) is 6. The minimum Gasteiger partial charge on any atom is -0.494 e. The van der Waals surface area contributed by atoms with Crippen molar-refractivity contribution >= 4 is 63.7 Å². The van der Waals surface area contributed by atoms with Crippen LogP contribution >= 0.6 is 23.6 Å². The standard InChI is InChI=1S/C53H53F7N8O6S2/c1-30-44(76-29-64-30)32-13-11-31(12-14-32)26-63-46(70)40-10-9-21-66(40)47(71)45(50(2,3)4)65-41(69)28-73-22-7-8-23-74-35-17-18-36(37(24-35)52(55,56)57)38-19-16-34(27-62-38)68-49(75)67(48(72)51(68,5)6)39-20-15-33(25-61)42(43(39)54)53(58,59)60/h11-20,24,27,29,40,45H,7-10,21-23,26,28H2,1-6H3,(H,63,70)(H,65,69). The third-order valence-corrected chi connectivity index (χ3v) is 14.2. The Hall–Kier alpha value is -7.03. The van der Waals surface area contributed by atoms with Gasteiger partial charge in [-0.3, -0.25) is 29.1 Å². The van der Waals surface area contributed by atoms with Gasteiger partial charge in [0, 0.05) is 25.3 Å². The maximum absolute atomic E-state index is 15.5. The molecule has 76 heavy (non-hydrogen) atoms. The Kier molecular flexibility index (Phi) is 16.9. The van der Waals surface area contributed by atoms with Crippen molar-refractivity contribution in [3.63, 3.8) is 0 Å². The number of nitriles is 1. The van der Waals surface area contributed by atoms with Crippen LogP contribution in [0.3, 0.4) is 0 Å². The highest BCUT2D eigenvalue weighted by atomic mass is 32.1. The molecule has 0 radical (unpaired) electrons. The lowest BCUT2D eigenvalue weighted by molar-refractivity contribution is -0.144. The van der Waals surface area contributed by atoms with Crippen LogP contribution in [0, 0.1) is 29.5 Å². The van der Waals surface area contributed by atoms with Crippen LogP contribution in [0.1, 0.15) is 88.2 Å². The summed E-state index contributed by atoms with van der Waals surface area (Å²) in [7, 11) is 0. The predicted molar refractivity (Wildman–Crippen MR) is 273 cm³/mol. The first-order valence-corrected chi connectivity index (χ1v) is 25.3. The van der Waals surface area contributed by atoms with Crippen molar-refractivity contribution in [3.8, 4) is 33.5 Å². The number of hydrogen-bond donors (Lipinski definition) is 2. The summed E-state index contributed by atoms with van der Waals surface area (Å²) in [6.07, 6.45) is -7.23. The maximum atomic E-state index is 15.5. The van der Waals surface area contributed by atoms with Gasteiger partial charge in [-0.2, -0.15) is 31.6 Å². The molecule has 0 saturated carbocycles. The molecule has 5 aromatic rings. The van der Waals surface area contributed by atoms with Gasteiger partial charge in [0.1, 0.15) is 35.5 Å². The Morgan fingerprint density at radius 3 is 2.29 bits per heavy atom. The number of pyridine rings is 1. The number of carbonyl (C=O) groups is 4. The summed E-state index contributed by atoms with van der Waals surface area (Å²) >= 11 is 7.01. The molecule has 0 aliphatic carbocycles.